The number of unbranched alkanes of at least 4 members (excludes halogenated alkanes) is 1. The lowest BCUT2D eigenvalue weighted by Crippen LogP contribution is -2.26. The summed E-state index contributed by atoms with van der Waals surface area (Å²) in [6, 6.07) is 0.623. The first-order valence-electron chi connectivity index (χ1n) is 6.78. The minimum absolute atomic E-state index is 0.179. The number of rotatable bonds is 11. The molecule has 0 aliphatic heterocycles. The molecule has 0 saturated heterocycles. The van der Waals surface area contributed by atoms with Crippen LogP contribution in [0.5, 0.6) is 0 Å². The van der Waals surface area contributed by atoms with Crippen molar-refractivity contribution in [3.63, 3.8) is 0 Å². The molecule has 102 valence electrons. The molecule has 1 unspecified atom stereocenters. The van der Waals surface area contributed by atoms with Gasteiger partial charge in [0.1, 0.15) is 0 Å². The maximum atomic E-state index is 11.3. The Morgan fingerprint density at radius 2 is 2.06 bits per heavy atom. The van der Waals surface area contributed by atoms with Crippen LogP contribution >= 0.6 is 11.8 Å². The second kappa shape index (κ2) is 12.2. The second-order valence-corrected chi connectivity index (χ2v) is 5.46. The number of thioether (sulfide) groups is 1. The molecule has 0 radical (unpaired) electrons. The molecule has 0 aromatic carbocycles. The summed E-state index contributed by atoms with van der Waals surface area (Å²) in [5, 5.41) is 6.30. The first-order chi connectivity index (χ1) is 8.20. The van der Waals surface area contributed by atoms with Gasteiger partial charge in [-0.15, -0.1) is 0 Å². The van der Waals surface area contributed by atoms with Gasteiger partial charge >= 0.3 is 0 Å². The average molecular weight is 260 g/mol. The third kappa shape index (κ3) is 12.0. The fourth-order valence-electron chi connectivity index (χ4n) is 1.59. The van der Waals surface area contributed by atoms with Crippen LogP contribution in [-0.2, 0) is 4.79 Å². The van der Waals surface area contributed by atoms with Crippen molar-refractivity contribution in [3.05, 3.63) is 0 Å². The smallest absolute Gasteiger partial charge is 0.229 e. The van der Waals surface area contributed by atoms with Gasteiger partial charge in [-0.3, -0.25) is 4.79 Å². The van der Waals surface area contributed by atoms with Crippen LogP contribution in [0, 0.1) is 0 Å². The average Bonchev–Trinajstić information content (AvgIpc) is 2.31. The molecule has 0 rings (SSSR count). The first kappa shape index (κ1) is 16.8. The first-order valence-corrected chi connectivity index (χ1v) is 7.94. The van der Waals surface area contributed by atoms with Gasteiger partial charge in [-0.05, 0) is 38.5 Å². The highest BCUT2D eigenvalue weighted by Gasteiger charge is 2.01. The number of nitrogens with one attached hydrogen (secondary N) is 2. The minimum atomic E-state index is 0.179. The Morgan fingerprint density at radius 1 is 1.29 bits per heavy atom. The fourth-order valence-corrected chi connectivity index (χ4v) is 2.43. The van der Waals surface area contributed by atoms with Crippen molar-refractivity contribution >= 4 is 17.7 Å². The monoisotopic (exact) mass is 260 g/mol. The molecule has 1 atom stereocenters. The lowest BCUT2D eigenvalue weighted by atomic mass is 10.1. The van der Waals surface area contributed by atoms with Crippen molar-refractivity contribution in [1.29, 1.82) is 0 Å². The molecule has 3 nitrogen and oxygen atoms in total. The number of amides is 1. The number of hydrogen-bond acceptors (Lipinski definition) is 3. The topological polar surface area (TPSA) is 41.1 Å². The molecule has 17 heavy (non-hydrogen) atoms. The Morgan fingerprint density at radius 3 is 2.71 bits per heavy atom. The predicted molar refractivity (Wildman–Crippen MR) is 77.6 cm³/mol. The highest BCUT2D eigenvalue weighted by Crippen LogP contribution is 2.07. The summed E-state index contributed by atoms with van der Waals surface area (Å²) in [7, 11) is 0. The van der Waals surface area contributed by atoms with E-state index in [-0.39, 0.29) is 5.91 Å². The largest absolute Gasteiger partial charge is 0.355 e. The Hall–Kier alpha value is -0.220. The van der Waals surface area contributed by atoms with Gasteiger partial charge in [0.25, 0.3) is 0 Å². The normalized spacial score (nSPS) is 12.4. The van der Waals surface area contributed by atoms with Crippen molar-refractivity contribution in [2.24, 2.45) is 0 Å². The summed E-state index contributed by atoms with van der Waals surface area (Å²) in [6.07, 6.45) is 4.70. The fraction of sp³-hybridized carbons (Fsp3) is 0.923. The van der Waals surface area contributed by atoms with Gasteiger partial charge in [0.15, 0.2) is 0 Å². The maximum Gasteiger partial charge on any atom is 0.229 e. The van der Waals surface area contributed by atoms with Crippen molar-refractivity contribution in [2.75, 3.05) is 24.6 Å². The van der Waals surface area contributed by atoms with Crippen LogP contribution in [0.4, 0.5) is 0 Å². The molecule has 0 saturated carbocycles. The number of hydrogen-bond donors (Lipinski definition) is 2. The molecule has 2 N–H and O–H groups in total. The SMILES string of the molecule is CCCNC(=O)CSCCCCC(C)NCC. The molecular formula is C13H28N2OS. The van der Waals surface area contributed by atoms with E-state index in [1.807, 2.05) is 0 Å². The third-order valence-electron chi connectivity index (χ3n) is 2.53. The molecule has 0 aliphatic carbocycles. The molecule has 0 aliphatic rings. The van der Waals surface area contributed by atoms with Crippen molar-refractivity contribution < 1.29 is 4.79 Å². The van der Waals surface area contributed by atoms with E-state index in [2.05, 4.69) is 31.4 Å². The van der Waals surface area contributed by atoms with Gasteiger partial charge in [-0.25, -0.2) is 0 Å². The quantitative estimate of drug-likeness (QED) is 0.561. The Balaban J connectivity index is 3.20. The molecule has 0 spiro atoms. The highest BCUT2D eigenvalue weighted by atomic mass is 32.2. The Bertz CT molecular complexity index is 188. The minimum Gasteiger partial charge on any atom is -0.355 e. The van der Waals surface area contributed by atoms with E-state index in [1.165, 1.54) is 19.3 Å². The number of carbonyl (C=O) groups is 1. The zero-order valence-electron chi connectivity index (χ0n) is 11.6. The lowest BCUT2D eigenvalue weighted by molar-refractivity contribution is -0.118. The predicted octanol–water partition coefficient (Wildman–Crippen LogP) is 2.41. The lowest BCUT2D eigenvalue weighted by Gasteiger charge is -2.11. The van der Waals surface area contributed by atoms with Crippen LogP contribution in [0.2, 0.25) is 0 Å². The van der Waals surface area contributed by atoms with Crippen LogP contribution in [0.15, 0.2) is 0 Å². The second-order valence-electron chi connectivity index (χ2n) is 4.36. The molecule has 0 aromatic heterocycles. The summed E-state index contributed by atoms with van der Waals surface area (Å²) in [5.74, 6) is 1.89. The molecule has 0 aromatic rings. The van der Waals surface area contributed by atoms with E-state index in [1.54, 1.807) is 11.8 Å². The van der Waals surface area contributed by atoms with E-state index in [0.29, 0.717) is 11.8 Å². The third-order valence-corrected chi connectivity index (χ3v) is 3.58. The summed E-state index contributed by atoms with van der Waals surface area (Å²) in [4.78, 5) is 11.3. The van der Waals surface area contributed by atoms with Crippen LogP contribution in [-0.4, -0.2) is 36.5 Å². The van der Waals surface area contributed by atoms with E-state index in [9.17, 15) is 4.79 Å². The van der Waals surface area contributed by atoms with E-state index in [0.717, 1.165) is 25.3 Å². The zero-order chi connectivity index (χ0) is 12.9. The van der Waals surface area contributed by atoms with Gasteiger partial charge in [-0.1, -0.05) is 20.3 Å². The van der Waals surface area contributed by atoms with Crippen molar-refractivity contribution in [2.45, 2.75) is 52.5 Å². The molecule has 4 heteroatoms. The van der Waals surface area contributed by atoms with Gasteiger partial charge in [-0.2, -0.15) is 11.8 Å². The van der Waals surface area contributed by atoms with Crippen LogP contribution in [0.25, 0.3) is 0 Å². The zero-order valence-corrected chi connectivity index (χ0v) is 12.4. The van der Waals surface area contributed by atoms with Gasteiger partial charge in [0, 0.05) is 12.6 Å². The standard InChI is InChI=1S/C13H28N2OS/c1-4-9-15-13(16)11-17-10-7-6-8-12(3)14-5-2/h12,14H,4-11H2,1-3H3,(H,15,16). The summed E-state index contributed by atoms with van der Waals surface area (Å²) >= 11 is 1.74. The Labute approximate surface area is 111 Å². The summed E-state index contributed by atoms with van der Waals surface area (Å²) < 4.78 is 0. The molecule has 0 fully saturated rings. The Kier molecular flexibility index (Phi) is 12.1. The van der Waals surface area contributed by atoms with Crippen LogP contribution in [0.3, 0.4) is 0 Å². The molecule has 1 amide bonds. The molecule has 0 heterocycles. The molecular weight excluding hydrogens is 232 g/mol. The van der Waals surface area contributed by atoms with Crippen molar-refractivity contribution in [3.8, 4) is 0 Å². The summed E-state index contributed by atoms with van der Waals surface area (Å²) in [6.45, 7) is 8.29. The van der Waals surface area contributed by atoms with E-state index < -0.39 is 0 Å². The maximum absolute atomic E-state index is 11.3. The van der Waals surface area contributed by atoms with Crippen LogP contribution < -0.4 is 10.6 Å². The van der Waals surface area contributed by atoms with Gasteiger partial charge in [0.05, 0.1) is 5.75 Å². The van der Waals surface area contributed by atoms with Crippen molar-refractivity contribution in [1.82, 2.24) is 10.6 Å². The van der Waals surface area contributed by atoms with Gasteiger partial charge in [0.2, 0.25) is 5.91 Å². The highest BCUT2D eigenvalue weighted by molar-refractivity contribution is 7.99. The number of carbonyl (C=O) groups excluding carboxylic acids is 1. The van der Waals surface area contributed by atoms with E-state index >= 15 is 0 Å². The van der Waals surface area contributed by atoms with Crippen LogP contribution in [0.1, 0.15) is 46.5 Å². The summed E-state index contributed by atoms with van der Waals surface area (Å²) in [5.41, 5.74) is 0. The molecule has 0 bridgehead atoms. The van der Waals surface area contributed by atoms with Gasteiger partial charge < -0.3 is 10.6 Å². The van der Waals surface area contributed by atoms with E-state index in [4.69, 9.17) is 0 Å².